The molecule has 2 nitrogen and oxygen atoms in total. The maximum Gasteiger partial charge on any atom is 0.139 e. The van der Waals surface area contributed by atoms with Crippen LogP contribution in [-0.2, 0) is 0 Å². The number of anilines is 1. The maximum atomic E-state index is 13.4. The third kappa shape index (κ3) is 3.45. The van der Waals surface area contributed by atoms with E-state index in [9.17, 15) is 13.9 Å². The minimum absolute atomic E-state index is 0.247. The molecule has 0 aliphatic heterocycles. The first-order valence-corrected chi connectivity index (χ1v) is 6.67. The summed E-state index contributed by atoms with van der Waals surface area (Å²) in [5.74, 6) is -0.996. The van der Waals surface area contributed by atoms with Crippen LogP contribution in [-0.4, -0.2) is 10.9 Å². The van der Waals surface area contributed by atoms with Crippen molar-refractivity contribution in [1.82, 2.24) is 0 Å². The molecule has 0 aliphatic carbocycles. The lowest BCUT2D eigenvalue weighted by molar-refractivity contribution is 0.205. The van der Waals surface area contributed by atoms with Gasteiger partial charge in [0.1, 0.15) is 11.6 Å². The molecule has 0 aliphatic rings. The van der Waals surface area contributed by atoms with Gasteiger partial charge >= 0.3 is 0 Å². The minimum Gasteiger partial charge on any atom is -0.398 e. The molecule has 0 spiro atoms. The molecule has 2 aromatic rings. The molecular weight excluding hydrogens is 268 g/mol. The van der Waals surface area contributed by atoms with Crippen LogP contribution >= 0.6 is 11.8 Å². The SMILES string of the molecule is Nc1ccccc1C(O)CSc1ccc(F)cc1F. The Morgan fingerprint density at radius 3 is 2.58 bits per heavy atom. The second-order valence-electron chi connectivity index (χ2n) is 4.03. The highest BCUT2D eigenvalue weighted by Crippen LogP contribution is 2.29. The number of nitrogen functional groups attached to an aromatic ring is 1. The van der Waals surface area contributed by atoms with E-state index in [1.807, 2.05) is 0 Å². The van der Waals surface area contributed by atoms with Gasteiger partial charge < -0.3 is 10.8 Å². The lowest BCUT2D eigenvalue weighted by Gasteiger charge is -2.13. The Morgan fingerprint density at radius 1 is 1.16 bits per heavy atom. The quantitative estimate of drug-likeness (QED) is 0.667. The second kappa shape index (κ2) is 6.04. The Kier molecular flexibility index (Phi) is 4.39. The number of benzene rings is 2. The van der Waals surface area contributed by atoms with Crippen LogP contribution in [0.1, 0.15) is 11.7 Å². The molecule has 0 amide bonds. The number of thioether (sulfide) groups is 1. The summed E-state index contributed by atoms with van der Waals surface area (Å²) in [5.41, 5.74) is 6.85. The lowest BCUT2D eigenvalue weighted by Crippen LogP contribution is -2.04. The first-order chi connectivity index (χ1) is 9.08. The summed E-state index contributed by atoms with van der Waals surface area (Å²) in [4.78, 5) is 0.301. The van der Waals surface area contributed by atoms with Crippen LogP contribution in [0.4, 0.5) is 14.5 Å². The summed E-state index contributed by atoms with van der Waals surface area (Å²) in [7, 11) is 0. The fourth-order valence-electron chi connectivity index (χ4n) is 1.67. The van der Waals surface area contributed by atoms with Crippen LogP contribution in [0.2, 0.25) is 0 Å². The van der Waals surface area contributed by atoms with E-state index in [4.69, 9.17) is 5.73 Å². The molecule has 0 saturated heterocycles. The zero-order valence-electron chi connectivity index (χ0n) is 10.0. The second-order valence-corrected chi connectivity index (χ2v) is 5.09. The highest BCUT2D eigenvalue weighted by Gasteiger charge is 2.12. The average molecular weight is 281 g/mol. The zero-order chi connectivity index (χ0) is 13.8. The minimum atomic E-state index is -0.796. The van der Waals surface area contributed by atoms with E-state index in [2.05, 4.69) is 0 Å². The number of hydrogen-bond donors (Lipinski definition) is 2. The van der Waals surface area contributed by atoms with Crippen molar-refractivity contribution < 1.29 is 13.9 Å². The average Bonchev–Trinajstić information content (AvgIpc) is 2.38. The van der Waals surface area contributed by atoms with Crippen molar-refractivity contribution in [3.8, 4) is 0 Å². The van der Waals surface area contributed by atoms with Crippen molar-refractivity contribution in [3.05, 3.63) is 59.7 Å². The van der Waals surface area contributed by atoms with Gasteiger partial charge in [-0.05, 0) is 18.2 Å². The van der Waals surface area contributed by atoms with Gasteiger partial charge in [-0.25, -0.2) is 8.78 Å². The smallest absolute Gasteiger partial charge is 0.139 e. The summed E-state index contributed by atoms with van der Waals surface area (Å²) in [6.07, 6.45) is -0.796. The normalized spacial score (nSPS) is 12.4. The van der Waals surface area contributed by atoms with Gasteiger partial charge in [0.2, 0.25) is 0 Å². The number of hydrogen-bond acceptors (Lipinski definition) is 3. The van der Waals surface area contributed by atoms with Crippen molar-refractivity contribution in [2.24, 2.45) is 0 Å². The van der Waals surface area contributed by atoms with Crippen LogP contribution in [0, 0.1) is 11.6 Å². The summed E-state index contributed by atoms with van der Waals surface area (Å²) >= 11 is 1.12. The number of halogens is 2. The van der Waals surface area contributed by atoms with E-state index >= 15 is 0 Å². The van der Waals surface area contributed by atoms with Gasteiger partial charge in [-0.1, -0.05) is 18.2 Å². The molecule has 100 valence electrons. The van der Waals surface area contributed by atoms with E-state index in [1.54, 1.807) is 24.3 Å². The summed E-state index contributed by atoms with van der Waals surface area (Å²) in [6.45, 7) is 0. The van der Waals surface area contributed by atoms with Crippen LogP contribution in [0.5, 0.6) is 0 Å². The zero-order valence-corrected chi connectivity index (χ0v) is 10.8. The molecule has 3 N–H and O–H groups in total. The Hall–Kier alpha value is -1.59. The molecule has 0 saturated carbocycles. The first kappa shape index (κ1) is 13.8. The van der Waals surface area contributed by atoms with Gasteiger partial charge in [-0.2, -0.15) is 0 Å². The first-order valence-electron chi connectivity index (χ1n) is 5.68. The van der Waals surface area contributed by atoms with E-state index in [1.165, 1.54) is 12.1 Å². The Labute approximate surface area is 114 Å². The van der Waals surface area contributed by atoms with Crippen LogP contribution in [0.3, 0.4) is 0 Å². The molecule has 19 heavy (non-hydrogen) atoms. The molecule has 2 rings (SSSR count). The number of aliphatic hydroxyl groups excluding tert-OH is 1. The molecule has 0 heterocycles. The van der Waals surface area contributed by atoms with Gasteiger partial charge in [-0.15, -0.1) is 11.8 Å². The van der Waals surface area contributed by atoms with Gasteiger partial charge in [0.15, 0.2) is 0 Å². The maximum absolute atomic E-state index is 13.4. The van der Waals surface area contributed by atoms with Crippen molar-refractivity contribution in [1.29, 1.82) is 0 Å². The van der Waals surface area contributed by atoms with Gasteiger partial charge in [-0.3, -0.25) is 0 Å². The third-order valence-electron chi connectivity index (χ3n) is 2.65. The van der Waals surface area contributed by atoms with Crippen molar-refractivity contribution in [3.63, 3.8) is 0 Å². The fraction of sp³-hybridized carbons (Fsp3) is 0.143. The lowest BCUT2D eigenvalue weighted by atomic mass is 10.1. The van der Waals surface area contributed by atoms with E-state index in [0.717, 1.165) is 17.8 Å². The standard InChI is InChI=1S/C14H13F2NOS/c15-9-5-6-14(11(16)7-9)19-8-13(18)10-3-1-2-4-12(10)17/h1-7,13,18H,8,17H2. The molecule has 0 radical (unpaired) electrons. The molecule has 0 aromatic heterocycles. The number of rotatable bonds is 4. The van der Waals surface area contributed by atoms with Gasteiger partial charge in [0.25, 0.3) is 0 Å². The Balaban J connectivity index is 2.04. The molecule has 2 aromatic carbocycles. The number of para-hydroxylation sites is 1. The summed E-state index contributed by atoms with van der Waals surface area (Å²) in [6, 6.07) is 10.3. The van der Waals surface area contributed by atoms with Crippen molar-refractivity contribution in [2.75, 3.05) is 11.5 Å². The van der Waals surface area contributed by atoms with E-state index in [-0.39, 0.29) is 5.75 Å². The van der Waals surface area contributed by atoms with Crippen molar-refractivity contribution in [2.45, 2.75) is 11.0 Å². The topological polar surface area (TPSA) is 46.2 Å². The molecule has 0 fully saturated rings. The van der Waals surface area contributed by atoms with E-state index < -0.39 is 17.7 Å². The van der Waals surface area contributed by atoms with Gasteiger partial charge in [0.05, 0.1) is 6.10 Å². The predicted molar refractivity (Wildman–Crippen MR) is 72.9 cm³/mol. The summed E-state index contributed by atoms with van der Waals surface area (Å²) in [5, 5.41) is 10.0. The Morgan fingerprint density at radius 2 is 1.89 bits per heavy atom. The van der Waals surface area contributed by atoms with Crippen molar-refractivity contribution >= 4 is 17.4 Å². The monoisotopic (exact) mass is 281 g/mol. The molecule has 1 atom stereocenters. The predicted octanol–water partition coefficient (Wildman–Crippen LogP) is 3.37. The molecular formula is C14H13F2NOS. The molecule has 5 heteroatoms. The summed E-state index contributed by atoms with van der Waals surface area (Å²) < 4.78 is 26.2. The highest BCUT2D eigenvalue weighted by atomic mass is 32.2. The van der Waals surface area contributed by atoms with Crippen LogP contribution in [0.15, 0.2) is 47.4 Å². The van der Waals surface area contributed by atoms with Crippen LogP contribution < -0.4 is 5.73 Å². The largest absolute Gasteiger partial charge is 0.398 e. The molecule has 0 bridgehead atoms. The highest BCUT2D eigenvalue weighted by molar-refractivity contribution is 7.99. The Bertz CT molecular complexity index is 577. The third-order valence-corrected chi connectivity index (χ3v) is 3.77. The van der Waals surface area contributed by atoms with Gasteiger partial charge in [0, 0.05) is 28.0 Å². The van der Waals surface area contributed by atoms with E-state index in [0.29, 0.717) is 16.1 Å². The number of nitrogens with two attached hydrogens (primary N) is 1. The van der Waals surface area contributed by atoms with Crippen LogP contribution in [0.25, 0.3) is 0 Å². The molecule has 1 unspecified atom stereocenters. The number of aliphatic hydroxyl groups is 1. The fourth-order valence-corrected chi connectivity index (χ4v) is 2.54.